The van der Waals surface area contributed by atoms with Crippen molar-refractivity contribution in [2.24, 2.45) is 0 Å². The third-order valence-electron chi connectivity index (χ3n) is 4.10. The van der Waals surface area contributed by atoms with Gasteiger partial charge < -0.3 is 0 Å². The van der Waals surface area contributed by atoms with Crippen molar-refractivity contribution in [3.05, 3.63) is 63.0 Å². The first-order chi connectivity index (χ1) is 9.18. The van der Waals surface area contributed by atoms with Crippen molar-refractivity contribution in [3.8, 4) is 0 Å². The zero-order valence-electron chi connectivity index (χ0n) is 12.7. The number of fused-ring (bicyclic) bond motifs is 1. The SMILES string of the molecule is CC1=C[CH]([Hf]([C]2=CC=CC2)=[C](C)C)c2ccccc21.Cl.Cl. The van der Waals surface area contributed by atoms with E-state index in [4.69, 9.17) is 0 Å². The molecule has 1 aromatic carbocycles. The topological polar surface area (TPSA) is 0 Å². The molecule has 0 radical (unpaired) electrons. The summed E-state index contributed by atoms with van der Waals surface area (Å²) in [4.78, 5) is 0. The first kappa shape index (κ1) is 18.8. The van der Waals surface area contributed by atoms with E-state index in [1.165, 1.54) is 17.6 Å². The Balaban J connectivity index is 0.00000110. The maximum absolute atomic E-state index is 2.55. The van der Waals surface area contributed by atoms with Crippen LogP contribution in [0.25, 0.3) is 5.57 Å². The Kier molecular flexibility index (Phi) is 7.03. The second-order valence-corrected chi connectivity index (χ2v) is 16.8. The van der Waals surface area contributed by atoms with Crippen LogP contribution in [0.15, 0.2) is 51.9 Å². The van der Waals surface area contributed by atoms with Gasteiger partial charge in [-0.3, -0.25) is 0 Å². The van der Waals surface area contributed by atoms with Crippen LogP contribution in [0.2, 0.25) is 0 Å². The Morgan fingerprint density at radius 3 is 2.48 bits per heavy atom. The van der Waals surface area contributed by atoms with E-state index in [2.05, 4.69) is 69.3 Å². The van der Waals surface area contributed by atoms with Crippen LogP contribution in [0, 0.1) is 0 Å². The molecule has 0 spiro atoms. The van der Waals surface area contributed by atoms with Gasteiger partial charge in [0.05, 0.1) is 0 Å². The van der Waals surface area contributed by atoms with Crippen LogP contribution in [-0.2, 0) is 21.0 Å². The average Bonchev–Trinajstić information content (AvgIpc) is 3.00. The van der Waals surface area contributed by atoms with Crippen LogP contribution >= 0.6 is 24.8 Å². The van der Waals surface area contributed by atoms with Crippen LogP contribution in [0.5, 0.6) is 0 Å². The molecule has 0 heterocycles. The van der Waals surface area contributed by atoms with Crippen molar-refractivity contribution in [2.75, 3.05) is 0 Å². The summed E-state index contributed by atoms with van der Waals surface area (Å²) >= 11 is -1.90. The Labute approximate surface area is 147 Å². The smallest absolute Gasteiger partial charge is 0.147 e. The molecule has 112 valence electrons. The molecule has 2 aliphatic carbocycles. The summed E-state index contributed by atoms with van der Waals surface area (Å²) in [5.41, 5.74) is 4.56. The van der Waals surface area contributed by atoms with Crippen LogP contribution in [0.4, 0.5) is 0 Å². The molecule has 0 bridgehead atoms. The molecular weight excluding hydrogens is 466 g/mol. The third-order valence-corrected chi connectivity index (χ3v) is 15.7. The Morgan fingerprint density at radius 2 is 1.86 bits per heavy atom. The largest absolute Gasteiger partial charge is 0.147 e. The summed E-state index contributed by atoms with van der Waals surface area (Å²) in [6.45, 7) is 7.01. The van der Waals surface area contributed by atoms with Crippen molar-refractivity contribution in [2.45, 2.75) is 30.9 Å². The normalized spacial score (nSPS) is 18.1. The second kappa shape index (κ2) is 7.85. The first-order valence-electron chi connectivity index (χ1n) is 6.99. The number of benzene rings is 1. The van der Waals surface area contributed by atoms with E-state index >= 15 is 0 Å². The maximum atomic E-state index is 2.55. The molecule has 3 rings (SSSR count). The second-order valence-electron chi connectivity index (χ2n) is 5.65. The molecule has 0 saturated heterocycles. The minimum absolute atomic E-state index is 0. The van der Waals surface area contributed by atoms with Crippen molar-refractivity contribution >= 4 is 33.6 Å². The first-order valence-corrected chi connectivity index (χ1v) is 12.7. The average molecular weight is 488 g/mol. The van der Waals surface area contributed by atoms with Gasteiger partial charge in [-0.25, -0.2) is 0 Å². The third kappa shape index (κ3) is 3.57. The summed E-state index contributed by atoms with van der Waals surface area (Å²) in [6, 6.07) is 9.01. The number of halogens is 2. The van der Waals surface area contributed by atoms with Crippen molar-refractivity contribution in [1.82, 2.24) is 0 Å². The van der Waals surface area contributed by atoms with Gasteiger partial charge in [-0.2, -0.15) is 0 Å². The van der Waals surface area contributed by atoms with Crippen LogP contribution in [0.1, 0.15) is 42.0 Å². The van der Waals surface area contributed by atoms with Gasteiger partial charge in [0.25, 0.3) is 0 Å². The number of allylic oxidation sites excluding steroid dienone is 6. The fourth-order valence-corrected chi connectivity index (χ4v) is 15.0. The molecule has 0 saturated carbocycles. The fourth-order valence-electron chi connectivity index (χ4n) is 3.27. The van der Waals surface area contributed by atoms with Gasteiger partial charge >= 0.3 is 124 Å². The molecule has 1 aromatic rings. The van der Waals surface area contributed by atoms with Gasteiger partial charge in [0, 0.05) is 0 Å². The van der Waals surface area contributed by atoms with Crippen LogP contribution < -0.4 is 0 Å². The molecule has 0 aliphatic heterocycles. The Bertz CT molecular complexity index is 647. The Morgan fingerprint density at radius 1 is 1.14 bits per heavy atom. The van der Waals surface area contributed by atoms with Crippen molar-refractivity contribution < 1.29 is 21.0 Å². The number of hydrogen-bond acceptors (Lipinski definition) is 0. The monoisotopic (exact) mass is 488 g/mol. The quantitative estimate of drug-likeness (QED) is 0.472. The van der Waals surface area contributed by atoms with Crippen LogP contribution in [0.3, 0.4) is 0 Å². The van der Waals surface area contributed by atoms with E-state index in [1.807, 2.05) is 0 Å². The van der Waals surface area contributed by atoms with Crippen molar-refractivity contribution in [1.29, 1.82) is 0 Å². The summed E-state index contributed by atoms with van der Waals surface area (Å²) in [7, 11) is 0. The minimum atomic E-state index is -1.90. The van der Waals surface area contributed by atoms with E-state index in [0.29, 0.717) is 0 Å². The van der Waals surface area contributed by atoms with E-state index in [9.17, 15) is 0 Å². The van der Waals surface area contributed by atoms with E-state index < -0.39 is 21.0 Å². The zero-order chi connectivity index (χ0) is 13.4. The molecule has 1 atom stereocenters. The molecule has 0 amide bonds. The standard InChI is InChI=1S/C10H9.C5H5.C3H6.2ClH.Hf/c1-8-6-7-9-4-2-3-5-10(8)9;1-2-4-5-3-1;1-3-2;;;/h2-7H,1H3;1-3H,4H2;1-2H3;2*1H;. The fraction of sp³-hybridized carbons (Fsp3) is 0.278. The van der Waals surface area contributed by atoms with Gasteiger partial charge in [0.1, 0.15) is 0 Å². The molecule has 21 heavy (non-hydrogen) atoms. The molecule has 0 nitrogen and oxygen atoms in total. The van der Waals surface area contributed by atoms with Crippen molar-refractivity contribution in [3.63, 3.8) is 0 Å². The molecule has 2 aliphatic rings. The molecule has 3 heteroatoms. The molecule has 0 N–H and O–H groups in total. The molecule has 1 unspecified atom stereocenters. The zero-order valence-corrected chi connectivity index (χ0v) is 17.9. The molecule has 0 aromatic heterocycles. The van der Waals surface area contributed by atoms with Gasteiger partial charge in [-0.05, 0) is 0 Å². The minimum Gasteiger partial charge on any atom is -0.147 e. The molecular formula is C18H22Cl2Hf. The van der Waals surface area contributed by atoms with Gasteiger partial charge in [-0.15, -0.1) is 24.8 Å². The van der Waals surface area contributed by atoms with E-state index in [-0.39, 0.29) is 24.8 Å². The Hall–Kier alpha value is -0.240. The molecule has 0 fully saturated rings. The van der Waals surface area contributed by atoms with E-state index in [1.54, 1.807) is 12.1 Å². The summed E-state index contributed by atoms with van der Waals surface area (Å²) in [6.07, 6.45) is 10.7. The predicted molar refractivity (Wildman–Crippen MR) is 95.5 cm³/mol. The summed E-state index contributed by atoms with van der Waals surface area (Å²) in [5.74, 6) is 0. The van der Waals surface area contributed by atoms with Crippen LogP contribution in [-0.4, -0.2) is 3.26 Å². The van der Waals surface area contributed by atoms with Gasteiger partial charge in [-0.1, -0.05) is 0 Å². The summed E-state index contributed by atoms with van der Waals surface area (Å²) < 4.78 is 4.24. The number of rotatable bonds is 2. The van der Waals surface area contributed by atoms with E-state index in [0.717, 1.165) is 3.67 Å². The van der Waals surface area contributed by atoms with Gasteiger partial charge in [0.2, 0.25) is 0 Å². The van der Waals surface area contributed by atoms with Gasteiger partial charge in [0.15, 0.2) is 0 Å². The predicted octanol–water partition coefficient (Wildman–Crippen LogP) is 5.66. The maximum Gasteiger partial charge on any atom is -0.147 e. The summed E-state index contributed by atoms with van der Waals surface area (Å²) in [5, 5.41) is 0. The number of hydrogen-bond donors (Lipinski definition) is 0.